The van der Waals surface area contributed by atoms with Crippen LogP contribution in [0.3, 0.4) is 0 Å². The molecule has 1 fully saturated rings. The van der Waals surface area contributed by atoms with Gasteiger partial charge in [-0.05, 0) is 37.0 Å². The van der Waals surface area contributed by atoms with Crippen molar-refractivity contribution in [3.63, 3.8) is 0 Å². The molecule has 0 radical (unpaired) electrons. The van der Waals surface area contributed by atoms with Gasteiger partial charge in [-0.2, -0.15) is 0 Å². The Morgan fingerprint density at radius 2 is 1.91 bits per heavy atom. The highest BCUT2D eigenvalue weighted by atomic mass is 16.5. The van der Waals surface area contributed by atoms with Gasteiger partial charge in [0.2, 0.25) is 5.91 Å². The van der Waals surface area contributed by atoms with Crippen LogP contribution in [0, 0.1) is 5.92 Å². The quantitative estimate of drug-likeness (QED) is 0.902. The molecule has 0 bridgehead atoms. The lowest BCUT2D eigenvalue weighted by molar-refractivity contribution is -0.136. The maximum Gasteiger partial charge on any atom is 0.225 e. The van der Waals surface area contributed by atoms with Crippen LogP contribution in [0.25, 0.3) is 0 Å². The number of hydrogen-bond acceptors (Lipinski definition) is 4. The first-order chi connectivity index (χ1) is 10.5. The van der Waals surface area contributed by atoms with E-state index in [1.165, 1.54) is 0 Å². The van der Waals surface area contributed by atoms with Gasteiger partial charge in [0.25, 0.3) is 0 Å². The average molecular weight is 307 g/mol. The number of rotatable bonds is 5. The molecule has 1 heterocycles. The highest BCUT2D eigenvalue weighted by Gasteiger charge is 2.25. The molecule has 1 N–H and O–H groups in total. The van der Waals surface area contributed by atoms with Crippen LogP contribution < -0.4 is 9.47 Å². The lowest BCUT2D eigenvalue weighted by atomic mass is 9.98. The van der Waals surface area contributed by atoms with E-state index in [0.717, 1.165) is 5.56 Å². The lowest BCUT2D eigenvalue weighted by Crippen LogP contribution is -2.42. The van der Waals surface area contributed by atoms with Crippen molar-refractivity contribution in [2.45, 2.75) is 32.3 Å². The van der Waals surface area contributed by atoms with E-state index in [9.17, 15) is 9.90 Å². The fourth-order valence-corrected chi connectivity index (χ4v) is 2.85. The summed E-state index contributed by atoms with van der Waals surface area (Å²) in [5.74, 6) is 1.44. The van der Waals surface area contributed by atoms with Crippen LogP contribution in [0.15, 0.2) is 18.2 Å². The Morgan fingerprint density at radius 1 is 1.27 bits per heavy atom. The van der Waals surface area contributed by atoms with Gasteiger partial charge in [-0.3, -0.25) is 4.79 Å². The summed E-state index contributed by atoms with van der Waals surface area (Å²) >= 11 is 0. The van der Waals surface area contributed by atoms with E-state index in [2.05, 4.69) is 0 Å². The zero-order valence-electron chi connectivity index (χ0n) is 13.5. The molecular weight excluding hydrogens is 282 g/mol. The SMILES string of the molecule is COc1ccc(CC(C)C(=O)N2CCC(O)CC2)cc1OC. The molecule has 1 saturated heterocycles. The van der Waals surface area contributed by atoms with Gasteiger partial charge in [0.1, 0.15) is 0 Å². The van der Waals surface area contributed by atoms with E-state index in [0.29, 0.717) is 43.9 Å². The Bertz CT molecular complexity index is 509. The summed E-state index contributed by atoms with van der Waals surface area (Å²) in [6.07, 6.45) is 1.76. The first kappa shape index (κ1) is 16.6. The second-order valence-electron chi connectivity index (χ2n) is 5.85. The third kappa shape index (κ3) is 3.91. The smallest absolute Gasteiger partial charge is 0.225 e. The van der Waals surface area contributed by atoms with Gasteiger partial charge in [0, 0.05) is 19.0 Å². The first-order valence-corrected chi connectivity index (χ1v) is 7.73. The standard InChI is InChI=1S/C17H25NO4/c1-12(17(20)18-8-6-14(19)7-9-18)10-13-4-5-15(21-2)16(11-13)22-3/h4-5,11-12,14,19H,6-10H2,1-3H3. The van der Waals surface area contributed by atoms with E-state index >= 15 is 0 Å². The fourth-order valence-electron chi connectivity index (χ4n) is 2.85. The number of aliphatic hydroxyl groups is 1. The maximum absolute atomic E-state index is 12.5. The molecule has 0 saturated carbocycles. The molecule has 1 unspecified atom stereocenters. The number of ether oxygens (including phenoxy) is 2. The molecule has 1 aromatic rings. The third-order valence-electron chi connectivity index (χ3n) is 4.19. The van der Waals surface area contributed by atoms with E-state index < -0.39 is 0 Å². The highest BCUT2D eigenvalue weighted by Crippen LogP contribution is 2.28. The molecule has 0 spiro atoms. The number of hydrogen-bond donors (Lipinski definition) is 1. The topological polar surface area (TPSA) is 59.0 Å². The molecule has 1 aliphatic heterocycles. The van der Waals surface area contributed by atoms with Crippen molar-refractivity contribution >= 4 is 5.91 Å². The number of amides is 1. The van der Waals surface area contributed by atoms with Crippen molar-refractivity contribution in [1.82, 2.24) is 4.90 Å². The number of benzene rings is 1. The highest BCUT2D eigenvalue weighted by molar-refractivity contribution is 5.79. The van der Waals surface area contributed by atoms with Gasteiger partial charge >= 0.3 is 0 Å². The van der Waals surface area contributed by atoms with Crippen LogP contribution in [-0.4, -0.2) is 49.3 Å². The van der Waals surface area contributed by atoms with Crippen LogP contribution in [0.4, 0.5) is 0 Å². The second-order valence-corrected chi connectivity index (χ2v) is 5.85. The lowest BCUT2D eigenvalue weighted by Gasteiger charge is -2.31. The van der Waals surface area contributed by atoms with E-state index in [1.807, 2.05) is 30.0 Å². The maximum atomic E-state index is 12.5. The van der Waals surface area contributed by atoms with Gasteiger partial charge < -0.3 is 19.5 Å². The first-order valence-electron chi connectivity index (χ1n) is 7.73. The molecule has 5 nitrogen and oxygen atoms in total. The molecule has 1 amide bonds. The molecule has 22 heavy (non-hydrogen) atoms. The number of carbonyl (C=O) groups is 1. The Kier molecular flexibility index (Phi) is 5.66. The molecule has 0 aliphatic carbocycles. The monoisotopic (exact) mass is 307 g/mol. The van der Waals surface area contributed by atoms with Gasteiger partial charge in [0.05, 0.1) is 20.3 Å². The summed E-state index contributed by atoms with van der Waals surface area (Å²) in [6, 6.07) is 5.75. The third-order valence-corrected chi connectivity index (χ3v) is 4.19. The van der Waals surface area contributed by atoms with Gasteiger partial charge in [-0.1, -0.05) is 13.0 Å². The Balaban J connectivity index is 1.99. The minimum Gasteiger partial charge on any atom is -0.493 e. The number of likely N-dealkylation sites (tertiary alicyclic amines) is 1. The zero-order valence-corrected chi connectivity index (χ0v) is 13.5. The van der Waals surface area contributed by atoms with Gasteiger partial charge in [-0.15, -0.1) is 0 Å². The number of aliphatic hydroxyl groups excluding tert-OH is 1. The van der Waals surface area contributed by atoms with Crippen LogP contribution >= 0.6 is 0 Å². The van der Waals surface area contributed by atoms with Crippen molar-refractivity contribution in [3.8, 4) is 11.5 Å². The summed E-state index contributed by atoms with van der Waals surface area (Å²) in [5, 5.41) is 9.53. The Hall–Kier alpha value is -1.75. The molecule has 0 aromatic heterocycles. The number of methoxy groups -OCH3 is 2. The van der Waals surface area contributed by atoms with Crippen LogP contribution in [0.1, 0.15) is 25.3 Å². The van der Waals surface area contributed by atoms with Crippen molar-refractivity contribution in [2.75, 3.05) is 27.3 Å². The summed E-state index contributed by atoms with van der Waals surface area (Å²) in [6.45, 7) is 3.25. The molecule has 122 valence electrons. The summed E-state index contributed by atoms with van der Waals surface area (Å²) in [4.78, 5) is 14.3. The average Bonchev–Trinajstić information content (AvgIpc) is 2.54. The Morgan fingerprint density at radius 3 is 2.50 bits per heavy atom. The minimum atomic E-state index is -0.259. The predicted octanol–water partition coefficient (Wildman–Crippen LogP) is 1.87. The molecular formula is C17H25NO4. The molecule has 1 atom stereocenters. The van der Waals surface area contributed by atoms with Crippen LogP contribution in [-0.2, 0) is 11.2 Å². The number of piperidine rings is 1. The number of carbonyl (C=O) groups excluding carboxylic acids is 1. The van der Waals surface area contributed by atoms with Crippen molar-refractivity contribution in [3.05, 3.63) is 23.8 Å². The Labute approximate surface area is 131 Å². The predicted molar refractivity (Wildman–Crippen MR) is 84.2 cm³/mol. The van der Waals surface area contributed by atoms with E-state index in [4.69, 9.17) is 9.47 Å². The summed E-state index contributed by atoms with van der Waals surface area (Å²) in [5.41, 5.74) is 1.05. The summed E-state index contributed by atoms with van der Waals surface area (Å²) < 4.78 is 10.5. The van der Waals surface area contributed by atoms with Crippen LogP contribution in [0.5, 0.6) is 11.5 Å². The van der Waals surface area contributed by atoms with Crippen LogP contribution in [0.2, 0.25) is 0 Å². The molecule has 2 rings (SSSR count). The van der Waals surface area contributed by atoms with Crippen molar-refractivity contribution < 1.29 is 19.4 Å². The van der Waals surface area contributed by atoms with Crippen molar-refractivity contribution in [1.29, 1.82) is 0 Å². The normalized spacial score (nSPS) is 17.2. The second kappa shape index (κ2) is 7.49. The molecule has 1 aromatic carbocycles. The van der Waals surface area contributed by atoms with E-state index in [1.54, 1.807) is 14.2 Å². The fraction of sp³-hybridized carbons (Fsp3) is 0.588. The number of nitrogens with zero attached hydrogens (tertiary/aromatic N) is 1. The minimum absolute atomic E-state index is 0.0895. The van der Waals surface area contributed by atoms with Gasteiger partial charge in [-0.25, -0.2) is 0 Å². The summed E-state index contributed by atoms with van der Waals surface area (Å²) in [7, 11) is 3.21. The van der Waals surface area contributed by atoms with Crippen molar-refractivity contribution in [2.24, 2.45) is 5.92 Å². The largest absolute Gasteiger partial charge is 0.493 e. The zero-order chi connectivity index (χ0) is 16.1. The van der Waals surface area contributed by atoms with Gasteiger partial charge in [0.15, 0.2) is 11.5 Å². The molecule has 5 heteroatoms. The van der Waals surface area contributed by atoms with E-state index in [-0.39, 0.29) is 17.9 Å². The molecule has 1 aliphatic rings.